The molecule has 1 fully saturated rings. The molecular formula is C14H17N3O. The van der Waals surface area contributed by atoms with E-state index in [-0.39, 0.29) is 5.69 Å². The maximum atomic E-state index is 11.6. The Morgan fingerprint density at radius 3 is 3.06 bits per heavy atom. The van der Waals surface area contributed by atoms with E-state index in [9.17, 15) is 4.79 Å². The standard InChI is InChI=1S/C14H17N3O/c18-14-16-7-8-17(14)13-5-1-3-11(10-13)9-12-4-2-6-15-12/h1,3,5,7-8,10,12,15H,2,4,6,9H2,(H,16,18). The summed E-state index contributed by atoms with van der Waals surface area (Å²) in [6.07, 6.45) is 6.96. The zero-order valence-corrected chi connectivity index (χ0v) is 10.2. The average Bonchev–Trinajstić information content (AvgIpc) is 3.01. The first kappa shape index (κ1) is 11.3. The molecule has 1 aromatic carbocycles. The molecule has 94 valence electrons. The van der Waals surface area contributed by atoms with Crippen molar-refractivity contribution in [3.63, 3.8) is 0 Å². The van der Waals surface area contributed by atoms with E-state index >= 15 is 0 Å². The Morgan fingerprint density at radius 1 is 1.39 bits per heavy atom. The van der Waals surface area contributed by atoms with Gasteiger partial charge in [-0.25, -0.2) is 4.79 Å². The van der Waals surface area contributed by atoms with Crippen molar-refractivity contribution in [3.8, 4) is 5.69 Å². The van der Waals surface area contributed by atoms with Crippen molar-refractivity contribution in [2.45, 2.75) is 25.3 Å². The Bertz CT molecular complexity index is 578. The summed E-state index contributed by atoms with van der Waals surface area (Å²) in [7, 11) is 0. The molecule has 18 heavy (non-hydrogen) atoms. The summed E-state index contributed by atoms with van der Waals surface area (Å²) in [6, 6.07) is 8.78. The fourth-order valence-corrected chi connectivity index (χ4v) is 2.57. The number of hydrogen-bond donors (Lipinski definition) is 2. The maximum absolute atomic E-state index is 11.6. The van der Waals surface area contributed by atoms with Crippen LogP contribution in [0.4, 0.5) is 0 Å². The second-order valence-electron chi connectivity index (χ2n) is 4.80. The average molecular weight is 243 g/mol. The molecular weight excluding hydrogens is 226 g/mol. The molecule has 3 rings (SSSR count). The van der Waals surface area contributed by atoms with E-state index in [4.69, 9.17) is 0 Å². The van der Waals surface area contributed by atoms with E-state index in [2.05, 4.69) is 22.4 Å². The van der Waals surface area contributed by atoms with Gasteiger partial charge in [0.05, 0.1) is 5.69 Å². The van der Waals surface area contributed by atoms with E-state index in [1.807, 2.05) is 12.1 Å². The maximum Gasteiger partial charge on any atom is 0.330 e. The number of imidazole rings is 1. The zero-order valence-electron chi connectivity index (χ0n) is 10.2. The minimum Gasteiger partial charge on any atom is -0.314 e. The molecule has 1 aliphatic rings. The fraction of sp³-hybridized carbons (Fsp3) is 0.357. The topological polar surface area (TPSA) is 49.8 Å². The van der Waals surface area contributed by atoms with Gasteiger partial charge in [-0.2, -0.15) is 0 Å². The molecule has 0 aliphatic carbocycles. The number of nitrogens with zero attached hydrogens (tertiary/aromatic N) is 1. The molecule has 0 amide bonds. The minimum atomic E-state index is -0.0915. The van der Waals surface area contributed by atoms with E-state index in [1.165, 1.54) is 18.4 Å². The predicted molar refractivity (Wildman–Crippen MR) is 71.1 cm³/mol. The highest BCUT2D eigenvalue weighted by atomic mass is 16.1. The Labute approximate surface area is 106 Å². The van der Waals surface area contributed by atoms with Crippen LogP contribution in [0.15, 0.2) is 41.5 Å². The van der Waals surface area contributed by atoms with Gasteiger partial charge in [0.1, 0.15) is 0 Å². The number of aromatic amines is 1. The number of aromatic nitrogens is 2. The number of rotatable bonds is 3. The van der Waals surface area contributed by atoms with Gasteiger partial charge < -0.3 is 10.3 Å². The highest BCUT2D eigenvalue weighted by molar-refractivity contribution is 5.36. The smallest absolute Gasteiger partial charge is 0.314 e. The summed E-state index contributed by atoms with van der Waals surface area (Å²) in [4.78, 5) is 14.2. The highest BCUT2D eigenvalue weighted by Crippen LogP contribution is 2.14. The molecule has 0 spiro atoms. The lowest BCUT2D eigenvalue weighted by Crippen LogP contribution is -2.23. The van der Waals surface area contributed by atoms with E-state index in [1.54, 1.807) is 17.0 Å². The monoisotopic (exact) mass is 243 g/mol. The van der Waals surface area contributed by atoms with Crippen LogP contribution in [-0.2, 0) is 6.42 Å². The van der Waals surface area contributed by atoms with Crippen molar-refractivity contribution >= 4 is 0 Å². The van der Waals surface area contributed by atoms with Gasteiger partial charge in [-0.15, -0.1) is 0 Å². The normalized spacial score (nSPS) is 19.2. The van der Waals surface area contributed by atoms with Gasteiger partial charge in [-0.1, -0.05) is 12.1 Å². The third-order valence-electron chi connectivity index (χ3n) is 3.48. The lowest BCUT2D eigenvalue weighted by molar-refractivity contribution is 0.603. The van der Waals surface area contributed by atoms with Crippen molar-refractivity contribution in [2.24, 2.45) is 0 Å². The summed E-state index contributed by atoms with van der Waals surface area (Å²) in [5.41, 5.74) is 2.11. The van der Waals surface area contributed by atoms with Crippen LogP contribution in [0.5, 0.6) is 0 Å². The van der Waals surface area contributed by atoms with Gasteiger partial charge in [0.15, 0.2) is 0 Å². The molecule has 1 saturated heterocycles. The van der Waals surface area contributed by atoms with Gasteiger partial charge in [-0.3, -0.25) is 4.57 Å². The molecule has 4 heteroatoms. The molecule has 2 heterocycles. The molecule has 0 saturated carbocycles. The molecule has 1 aliphatic heterocycles. The van der Waals surface area contributed by atoms with Crippen LogP contribution in [0, 0.1) is 0 Å². The Hall–Kier alpha value is -1.81. The number of nitrogens with one attached hydrogen (secondary N) is 2. The predicted octanol–water partition coefficient (Wildman–Crippen LogP) is 1.46. The molecule has 4 nitrogen and oxygen atoms in total. The fourth-order valence-electron chi connectivity index (χ4n) is 2.57. The van der Waals surface area contributed by atoms with Crippen LogP contribution < -0.4 is 11.0 Å². The number of benzene rings is 1. The molecule has 0 radical (unpaired) electrons. The lowest BCUT2D eigenvalue weighted by Gasteiger charge is -2.11. The second kappa shape index (κ2) is 4.82. The molecule has 0 bridgehead atoms. The summed E-state index contributed by atoms with van der Waals surface area (Å²) in [5.74, 6) is 0. The quantitative estimate of drug-likeness (QED) is 0.857. The van der Waals surface area contributed by atoms with Crippen LogP contribution in [0.1, 0.15) is 18.4 Å². The molecule has 1 aromatic heterocycles. The third kappa shape index (κ3) is 2.24. The molecule has 2 aromatic rings. The largest absolute Gasteiger partial charge is 0.330 e. The Kier molecular flexibility index (Phi) is 3.02. The zero-order chi connectivity index (χ0) is 12.4. The second-order valence-corrected chi connectivity index (χ2v) is 4.80. The van der Waals surface area contributed by atoms with Gasteiger partial charge in [0, 0.05) is 18.4 Å². The number of H-pyrrole nitrogens is 1. The van der Waals surface area contributed by atoms with Crippen molar-refractivity contribution < 1.29 is 0 Å². The Morgan fingerprint density at radius 2 is 2.33 bits per heavy atom. The van der Waals surface area contributed by atoms with E-state index < -0.39 is 0 Å². The van der Waals surface area contributed by atoms with Crippen LogP contribution in [0.3, 0.4) is 0 Å². The van der Waals surface area contributed by atoms with Crippen molar-refractivity contribution in [1.29, 1.82) is 0 Å². The van der Waals surface area contributed by atoms with Gasteiger partial charge in [-0.05, 0) is 43.5 Å². The first-order valence-electron chi connectivity index (χ1n) is 6.42. The van der Waals surface area contributed by atoms with Crippen LogP contribution >= 0.6 is 0 Å². The first-order chi connectivity index (χ1) is 8.83. The van der Waals surface area contributed by atoms with Crippen LogP contribution in [0.2, 0.25) is 0 Å². The van der Waals surface area contributed by atoms with Crippen molar-refractivity contribution in [2.75, 3.05) is 6.54 Å². The summed E-state index contributed by atoms with van der Waals surface area (Å²) >= 11 is 0. The highest BCUT2D eigenvalue weighted by Gasteiger charge is 2.14. The third-order valence-corrected chi connectivity index (χ3v) is 3.48. The summed E-state index contributed by atoms with van der Waals surface area (Å²) < 4.78 is 1.63. The van der Waals surface area contributed by atoms with Gasteiger partial charge >= 0.3 is 5.69 Å². The molecule has 1 atom stereocenters. The Balaban J connectivity index is 1.85. The summed E-state index contributed by atoms with van der Waals surface area (Å²) in [6.45, 7) is 1.13. The number of hydrogen-bond acceptors (Lipinski definition) is 2. The lowest BCUT2D eigenvalue weighted by atomic mass is 10.0. The van der Waals surface area contributed by atoms with E-state index in [0.29, 0.717) is 6.04 Å². The SMILES string of the molecule is O=c1[nH]ccn1-c1cccc(CC2CCCN2)c1. The van der Waals surface area contributed by atoms with Crippen LogP contribution in [0.25, 0.3) is 5.69 Å². The molecule has 1 unspecified atom stereocenters. The van der Waals surface area contributed by atoms with Crippen molar-refractivity contribution in [3.05, 3.63) is 52.7 Å². The van der Waals surface area contributed by atoms with Gasteiger partial charge in [0.25, 0.3) is 0 Å². The minimum absolute atomic E-state index is 0.0915. The van der Waals surface area contributed by atoms with Gasteiger partial charge in [0.2, 0.25) is 0 Å². The molecule has 2 N–H and O–H groups in total. The van der Waals surface area contributed by atoms with Crippen molar-refractivity contribution in [1.82, 2.24) is 14.9 Å². The van der Waals surface area contributed by atoms with E-state index in [0.717, 1.165) is 18.7 Å². The first-order valence-corrected chi connectivity index (χ1v) is 6.42. The van der Waals surface area contributed by atoms with Crippen LogP contribution in [-0.4, -0.2) is 22.1 Å². The summed E-state index contributed by atoms with van der Waals surface area (Å²) in [5, 5.41) is 3.50.